The van der Waals surface area contributed by atoms with E-state index in [1.54, 1.807) is 0 Å². The average Bonchev–Trinajstić information content (AvgIpc) is 2.66. The quantitative estimate of drug-likeness (QED) is 0.859. The van der Waals surface area contributed by atoms with Gasteiger partial charge in [-0.05, 0) is 38.1 Å². The largest absolute Gasteiger partial charge is 0.330 e. The minimum absolute atomic E-state index is 0.483. The summed E-state index contributed by atoms with van der Waals surface area (Å²) in [5.74, 6) is -1.73. The van der Waals surface area contributed by atoms with Gasteiger partial charge in [-0.25, -0.2) is 8.78 Å². The Kier molecular flexibility index (Phi) is 3.19. The SMILES string of the molecule is Cc1[nH]nc(-c2ccc(F)c(F)c2)c1CCN. The summed E-state index contributed by atoms with van der Waals surface area (Å²) >= 11 is 0. The predicted octanol–water partition coefficient (Wildman–Crippen LogP) is 2.16. The first-order chi connectivity index (χ1) is 8.13. The molecule has 0 bridgehead atoms. The molecule has 0 saturated heterocycles. The summed E-state index contributed by atoms with van der Waals surface area (Å²) in [6.07, 6.45) is 0.649. The first-order valence-electron chi connectivity index (χ1n) is 5.33. The van der Waals surface area contributed by atoms with Gasteiger partial charge in [0.15, 0.2) is 11.6 Å². The van der Waals surface area contributed by atoms with Crippen LogP contribution in [0.5, 0.6) is 0 Å². The van der Waals surface area contributed by atoms with Gasteiger partial charge in [-0.3, -0.25) is 5.10 Å². The molecular weight excluding hydrogens is 224 g/mol. The molecule has 0 aliphatic heterocycles. The summed E-state index contributed by atoms with van der Waals surface area (Å²) in [6, 6.07) is 3.75. The summed E-state index contributed by atoms with van der Waals surface area (Å²) < 4.78 is 26.0. The second kappa shape index (κ2) is 4.63. The van der Waals surface area contributed by atoms with E-state index in [1.165, 1.54) is 6.07 Å². The number of hydrogen-bond donors (Lipinski definition) is 2. The molecule has 0 amide bonds. The summed E-state index contributed by atoms with van der Waals surface area (Å²) in [7, 11) is 0. The van der Waals surface area contributed by atoms with E-state index < -0.39 is 11.6 Å². The Morgan fingerprint density at radius 1 is 1.29 bits per heavy atom. The molecule has 1 aromatic carbocycles. The third-order valence-electron chi connectivity index (χ3n) is 2.66. The van der Waals surface area contributed by atoms with Crippen LogP contribution in [0.15, 0.2) is 18.2 Å². The minimum Gasteiger partial charge on any atom is -0.330 e. The van der Waals surface area contributed by atoms with Gasteiger partial charge in [-0.2, -0.15) is 5.10 Å². The Bertz CT molecular complexity index is 535. The van der Waals surface area contributed by atoms with Crippen LogP contribution in [0.25, 0.3) is 11.3 Å². The maximum absolute atomic E-state index is 13.2. The van der Waals surface area contributed by atoms with E-state index in [0.29, 0.717) is 24.2 Å². The number of nitrogens with zero attached hydrogens (tertiary/aromatic N) is 1. The monoisotopic (exact) mass is 237 g/mol. The fourth-order valence-corrected chi connectivity index (χ4v) is 1.78. The topological polar surface area (TPSA) is 54.7 Å². The lowest BCUT2D eigenvalue weighted by Gasteiger charge is -2.03. The van der Waals surface area contributed by atoms with E-state index in [-0.39, 0.29) is 0 Å². The number of rotatable bonds is 3. The van der Waals surface area contributed by atoms with Crippen molar-refractivity contribution in [1.29, 1.82) is 0 Å². The fraction of sp³-hybridized carbons (Fsp3) is 0.250. The summed E-state index contributed by atoms with van der Waals surface area (Å²) in [5.41, 5.74) is 8.54. The molecule has 0 aliphatic rings. The second-order valence-corrected chi connectivity index (χ2v) is 3.84. The number of nitrogens with two attached hydrogens (primary N) is 1. The van der Waals surface area contributed by atoms with Crippen LogP contribution in [0.1, 0.15) is 11.3 Å². The van der Waals surface area contributed by atoms with Crippen molar-refractivity contribution in [3.8, 4) is 11.3 Å². The highest BCUT2D eigenvalue weighted by atomic mass is 19.2. The molecule has 1 aromatic heterocycles. The van der Waals surface area contributed by atoms with Crippen LogP contribution in [0.3, 0.4) is 0 Å². The van der Waals surface area contributed by atoms with Crippen LogP contribution in [-0.4, -0.2) is 16.7 Å². The van der Waals surface area contributed by atoms with Crippen molar-refractivity contribution in [3.05, 3.63) is 41.1 Å². The zero-order valence-corrected chi connectivity index (χ0v) is 9.43. The summed E-state index contributed by atoms with van der Waals surface area (Å²) in [5, 5.41) is 6.94. The summed E-state index contributed by atoms with van der Waals surface area (Å²) in [4.78, 5) is 0. The van der Waals surface area contributed by atoms with Gasteiger partial charge in [0.25, 0.3) is 0 Å². The first kappa shape index (κ1) is 11.7. The smallest absolute Gasteiger partial charge is 0.159 e. The van der Waals surface area contributed by atoms with Gasteiger partial charge in [0.2, 0.25) is 0 Å². The lowest BCUT2D eigenvalue weighted by atomic mass is 10.0. The fourth-order valence-electron chi connectivity index (χ4n) is 1.78. The zero-order chi connectivity index (χ0) is 12.4. The van der Waals surface area contributed by atoms with Gasteiger partial charge in [-0.15, -0.1) is 0 Å². The van der Waals surface area contributed by atoms with Crippen LogP contribution < -0.4 is 5.73 Å². The maximum Gasteiger partial charge on any atom is 0.159 e. The highest BCUT2D eigenvalue weighted by Crippen LogP contribution is 2.25. The molecule has 1 heterocycles. The lowest BCUT2D eigenvalue weighted by Crippen LogP contribution is -2.04. The predicted molar refractivity (Wildman–Crippen MR) is 61.4 cm³/mol. The summed E-state index contributed by atoms with van der Waals surface area (Å²) in [6.45, 7) is 2.36. The minimum atomic E-state index is -0.873. The molecule has 2 rings (SSSR count). The number of halogens is 2. The van der Waals surface area contributed by atoms with E-state index in [1.807, 2.05) is 6.92 Å². The van der Waals surface area contributed by atoms with Gasteiger partial charge in [0.1, 0.15) is 0 Å². The van der Waals surface area contributed by atoms with Gasteiger partial charge < -0.3 is 5.73 Å². The van der Waals surface area contributed by atoms with E-state index in [4.69, 9.17) is 5.73 Å². The molecule has 0 saturated carbocycles. The van der Waals surface area contributed by atoms with Crippen LogP contribution in [0.2, 0.25) is 0 Å². The Morgan fingerprint density at radius 2 is 2.06 bits per heavy atom. The van der Waals surface area contributed by atoms with Crippen LogP contribution in [0.4, 0.5) is 8.78 Å². The lowest BCUT2D eigenvalue weighted by molar-refractivity contribution is 0.509. The van der Waals surface area contributed by atoms with Crippen molar-refractivity contribution in [3.63, 3.8) is 0 Å². The molecule has 17 heavy (non-hydrogen) atoms. The molecule has 3 nitrogen and oxygen atoms in total. The molecule has 0 atom stereocenters. The third-order valence-corrected chi connectivity index (χ3v) is 2.66. The second-order valence-electron chi connectivity index (χ2n) is 3.84. The Hall–Kier alpha value is -1.75. The number of nitrogens with one attached hydrogen (secondary N) is 1. The van der Waals surface area contributed by atoms with E-state index in [9.17, 15) is 8.78 Å². The average molecular weight is 237 g/mol. The highest BCUT2D eigenvalue weighted by Gasteiger charge is 2.13. The Labute approximate surface area is 97.7 Å². The molecular formula is C12H13F2N3. The van der Waals surface area contributed by atoms with Gasteiger partial charge in [-0.1, -0.05) is 0 Å². The Morgan fingerprint density at radius 3 is 2.71 bits per heavy atom. The van der Waals surface area contributed by atoms with E-state index in [2.05, 4.69) is 10.2 Å². The van der Waals surface area contributed by atoms with Crippen molar-refractivity contribution < 1.29 is 8.78 Å². The number of aromatic amines is 1. The van der Waals surface area contributed by atoms with Crippen LogP contribution in [0, 0.1) is 18.6 Å². The van der Waals surface area contributed by atoms with Crippen LogP contribution in [-0.2, 0) is 6.42 Å². The standard InChI is InChI=1S/C12H13F2N3/c1-7-9(4-5-15)12(17-16-7)8-2-3-10(13)11(14)6-8/h2-3,6H,4-5,15H2,1H3,(H,16,17). The van der Waals surface area contributed by atoms with E-state index in [0.717, 1.165) is 23.4 Å². The molecule has 5 heteroatoms. The molecule has 3 N–H and O–H groups in total. The molecule has 0 radical (unpaired) electrons. The van der Waals surface area contributed by atoms with Crippen molar-refractivity contribution in [2.45, 2.75) is 13.3 Å². The number of hydrogen-bond acceptors (Lipinski definition) is 2. The molecule has 0 aliphatic carbocycles. The Balaban J connectivity index is 2.48. The first-order valence-corrected chi connectivity index (χ1v) is 5.33. The number of benzene rings is 1. The molecule has 0 spiro atoms. The highest BCUT2D eigenvalue weighted by molar-refractivity contribution is 5.64. The van der Waals surface area contributed by atoms with Gasteiger partial charge in [0.05, 0.1) is 5.69 Å². The van der Waals surface area contributed by atoms with Crippen molar-refractivity contribution in [1.82, 2.24) is 10.2 Å². The van der Waals surface area contributed by atoms with Crippen molar-refractivity contribution in [2.24, 2.45) is 5.73 Å². The molecule has 0 unspecified atom stereocenters. The number of aromatic nitrogens is 2. The van der Waals surface area contributed by atoms with Crippen LogP contribution >= 0.6 is 0 Å². The number of H-pyrrole nitrogens is 1. The molecule has 0 fully saturated rings. The van der Waals surface area contributed by atoms with Gasteiger partial charge >= 0.3 is 0 Å². The molecule has 90 valence electrons. The third kappa shape index (κ3) is 2.19. The van der Waals surface area contributed by atoms with Crippen molar-refractivity contribution >= 4 is 0 Å². The zero-order valence-electron chi connectivity index (χ0n) is 9.43. The maximum atomic E-state index is 13.2. The molecule has 2 aromatic rings. The normalized spacial score (nSPS) is 10.8. The van der Waals surface area contributed by atoms with Gasteiger partial charge in [0, 0.05) is 16.8 Å². The van der Waals surface area contributed by atoms with E-state index >= 15 is 0 Å². The number of aryl methyl sites for hydroxylation is 1. The van der Waals surface area contributed by atoms with Crippen molar-refractivity contribution in [2.75, 3.05) is 6.54 Å².